The second-order valence-corrected chi connectivity index (χ2v) is 15.1. The number of amides is 2. The van der Waals surface area contributed by atoms with Gasteiger partial charge in [-0.05, 0) is 81.7 Å². The summed E-state index contributed by atoms with van der Waals surface area (Å²) in [6.45, 7) is 14.2. The largest absolute Gasteiger partial charge is 0.443 e. The third kappa shape index (κ3) is 6.60. The van der Waals surface area contributed by atoms with Gasteiger partial charge >= 0.3 is 12.2 Å². The molecule has 0 aromatic heterocycles. The second kappa shape index (κ2) is 10.7. The summed E-state index contributed by atoms with van der Waals surface area (Å²) in [5, 5.41) is 20.1. The van der Waals surface area contributed by atoms with Crippen molar-refractivity contribution < 1.29 is 41.9 Å². The van der Waals surface area contributed by atoms with E-state index in [2.05, 4.69) is 4.99 Å². The van der Waals surface area contributed by atoms with Gasteiger partial charge in [-0.25, -0.2) is 22.4 Å². The number of aliphatic imine (C=N–C) groups is 1. The Balaban J connectivity index is 3.05. The highest BCUT2D eigenvalue weighted by molar-refractivity contribution is 7.94. The zero-order valence-electron chi connectivity index (χ0n) is 24.4. The van der Waals surface area contributed by atoms with E-state index in [1.807, 2.05) is 0 Å². The van der Waals surface area contributed by atoms with E-state index < -0.39 is 89.1 Å². The van der Waals surface area contributed by atoms with E-state index in [1.54, 1.807) is 0 Å². The minimum atomic E-state index is -4.54. The molecule has 1 N–H and O–H groups in total. The molecule has 1 aliphatic rings. The molecule has 2 rings (SSSR count). The number of hydrogen-bond donors (Lipinski definition) is 1. The lowest BCUT2D eigenvalue weighted by Crippen LogP contribution is -2.64. The molecule has 2 amide bonds. The summed E-state index contributed by atoms with van der Waals surface area (Å²) in [5.41, 5.74) is -5.40. The third-order valence-corrected chi connectivity index (χ3v) is 9.22. The van der Waals surface area contributed by atoms with Crippen LogP contribution < -0.4 is 0 Å². The van der Waals surface area contributed by atoms with Gasteiger partial charge in [0.05, 0.1) is 16.3 Å². The Kier molecular flexibility index (Phi) is 8.84. The van der Waals surface area contributed by atoms with Crippen LogP contribution >= 0.6 is 0 Å². The molecule has 0 spiro atoms. The fourth-order valence-corrected chi connectivity index (χ4v) is 6.73. The first-order valence-corrected chi connectivity index (χ1v) is 14.1. The molecule has 3 atom stereocenters. The predicted octanol–water partition coefficient (Wildman–Crippen LogP) is 4.87. The van der Waals surface area contributed by atoms with Gasteiger partial charge in [-0.15, -0.1) is 0 Å². The van der Waals surface area contributed by atoms with Crippen LogP contribution in [0.3, 0.4) is 0 Å². The lowest BCUT2D eigenvalue weighted by atomic mass is 9.85. The van der Waals surface area contributed by atoms with E-state index in [9.17, 15) is 33.2 Å². The van der Waals surface area contributed by atoms with Crippen molar-refractivity contribution in [2.24, 2.45) is 4.99 Å². The molecule has 224 valence electrons. The van der Waals surface area contributed by atoms with Crippen LogP contribution in [-0.2, 0) is 24.8 Å². The number of sulfone groups is 1. The summed E-state index contributed by atoms with van der Waals surface area (Å²) in [7, 11) is -4.54. The standard InChI is InChI=1S/C26H38FN3O9S/c1-15(31)13-19-26(10,17-14-16(30(34)35)11-12-18(17)27)28-20(25(8,9)40(19,36)37)29(21(32)38-23(2,3)4)22(33)39-24(5,6)7/h11-12,14-15,19,31H,13H2,1-10H3/t15-,19+,26+/m0/s1. The van der Waals surface area contributed by atoms with E-state index in [1.165, 1.54) is 69.2 Å². The first-order chi connectivity index (χ1) is 17.8. The number of carbonyl (C=O) groups excluding carboxylic acids is 2. The maximum atomic E-state index is 15.4. The quantitative estimate of drug-likeness (QED) is 0.382. The minimum Gasteiger partial charge on any atom is -0.443 e. The number of aliphatic hydroxyl groups is 1. The van der Waals surface area contributed by atoms with Crippen LogP contribution in [0.1, 0.15) is 81.2 Å². The molecule has 40 heavy (non-hydrogen) atoms. The van der Waals surface area contributed by atoms with E-state index in [-0.39, 0.29) is 0 Å². The number of nitrogens with zero attached hydrogens (tertiary/aromatic N) is 3. The van der Waals surface area contributed by atoms with Crippen molar-refractivity contribution in [2.45, 2.75) is 109 Å². The van der Waals surface area contributed by atoms with Crippen molar-refractivity contribution in [3.8, 4) is 0 Å². The molecule has 0 aliphatic carbocycles. The number of halogens is 1. The number of nitro benzene ring substituents is 1. The number of nitro groups is 1. The Hall–Kier alpha value is -3.13. The van der Waals surface area contributed by atoms with Gasteiger partial charge < -0.3 is 14.6 Å². The number of ether oxygens (including phenoxy) is 2. The molecule has 1 aromatic rings. The number of hydrogen-bond acceptors (Lipinski definition) is 10. The highest BCUT2D eigenvalue weighted by Gasteiger charge is 2.61. The van der Waals surface area contributed by atoms with E-state index >= 15 is 4.39 Å². The first kappa shape index (κ1) is 33.1. The molecule has 14 heteroatoms. The maximum Gasteiger partial charge on any atom is 0.425 e. The van der Waals surface area contributed by atoms with Crippen LogP contribution in [0.25, 0.3) is 0 Å². The maximum absolute atomic E-state index is 15.4. The number of benzene rings is 1. The minimum absolute atomic E-state index is 0.361. The molecule has 0 radical (unpaired) electrons. The normalized spacial score (nSPS) is 23.0. The molecular weight excluding hydrogens is 549 g/mol. The van der Waals surface area contributed by atoms with Gasteiger partial charge in [-0.1, -0.05) is 0 Å². The zero-order valence-corrected chi connectivity index (χ0v) is 25.3. The van der Waals surface area contributed by atoms with Gasteiger partial charge in [-0.2, -0.15) is 4.90 Å². The summed E-state index contributed by atoms with van der Waals surface area (Å²) >= 11 is 0. The van der Waals surface area contributed by atoms with Crippen molar-refractivity contribution in [3.05, 3.63) is 39.7 Å². The number of rotatable bonds is 4. The topological polar surface area (TPSA) is 166 Å². The van der Waals surface area contributed by atoms with Crippen LogP contribution in [0.5, 0.6) is 0 Å². The zero-order chi connectivity index (χ0) is 31.2. The van der Waals surface area contributed by atoms with Gasteiger partial charge in [0.15, 0.2) is 9.84 Å². The van der Waals surface area contributed by atoms with E-state index in [0.29, 0.717) is 4.90 Å². The molecule has 1 heterocycles. The van der Waals surface area contributed by atoms with Crippen molar-refractivity contribution in [1.29, 1.82) is 0 Å². The Morgan fingerprint density at radius 2 is 1.60 bits per heavy atom. The summed E-state index contributed by atoms with van der Waals surface area (Å²) in [5.74, 6) is -1.64. The fourth-order valence-electron chi connectivity index (χ4n) is 4.31. The molecular formula is C26H38FN3O9S. The molecule has 1 aliphatic heterocycles. The number of aliphatic hydroxyl groups excluding tert-OH is 1. The van der Waals surface area contributed by atoms with Crippen LogP contribution in [-0.4, -0.2) is 68.7 Å². The van der Waals surface area contributed by atoms with E-state index in [0.717, 1.165) is 18.2 Å². The van der Waals surface area contributed by atoms with Crippen molar-refractivity contribution >= 4 is 33.5 Å². The number of non-ortho nitro benzene ring substituents is 1. The summed E-state index contributed by atoms with van der Waals surface area (Å²) in [4.78, 5) is 42.5. The summed E-state index contributed by atoms with van der Waals surface area (Å²) < 4.78 is 52.6. The molecule has 12 nitrogen and oxygen atoms in total. The van der Waals surface area contributed by atoms with Crippen LogP contribution in [0.2, 0.25) is 0 Å². The Morgan fingerprint density at radius 1 is 1.12 bits per heavy atom. The van der Waals surface area contributed by atoms with Crippen molar-refractivity contribution in [2.75, 3.05) is 0 Å². The first-order valence-electron chi connectivity index (χ1n) is 12.6. The molecule has 0 saturated carbocycles. The lowest BCUT2D eigenvalue weighted by molar-refractivity contribution is -0.385. The molecule has 0 saturated heterocycles. The van der Waals surface area contributed by atoms with Crippen molar-refractivity contribution in [1.82, 2.24) is 4.90 Å². The Bertz CT molecular complexity index is 1300. The monoisotopic (exact) mass is 587 g/mol. The Labute approximate surface area is 233 Å². The van der Waals surface area contributed by atoms with Gasteiger partial charge in [0.1, 0.15) is 33.1 Å². The van der Waals surface area contributed by atoms with E-state index in [4.69, 9.17) is 9.47 Å². The molecule has 1 aromatic carbocycles. The van der Waals surface area contributed by atoms with Crippen molar-refractivity contribution in [3.63, 3.8) is 0 Å². The fraction of sp³-hybridized carbons (Fsp3) is 0.654. The SMILES string of the molecule is C[C@H](O)C[C@@H]1[C@@](C)(c2cc([N+](=O)[O-])ccc2F)N=C(N(C(=O)OC(C)(C)C)C(=O)OC(C)(C)C)C(C)(C)S1(=O)=O. The molecule has 0 unspecified atom stereocenters. The average molecular weight is 588 g/mol. The van der Waals surface area contributed by atoms with Gasteiger partial charge in [-0.3, -0.25) is 15.1 Å². The second-order valence-electron chi connectivity index (χ2n) is 12.4. The highest BCUT2D eigenvalue weighted by Crippen LogP contribution is 2.47. The number of amidine groups is 1. The lowest BCUT2D eigenvalue weighted by Gasteiger charge is -2.47. The smallest absolute Gasteiger partial charge is 0.425 e. The number of imide groups is 1. The predicted molar refractivity (Wildman–Crippen MR) is 145 cm³/mol. The summed E-state index contributed by atoms with van der Waals surface area (Å²) in [6.07, 6.45) is -4.22. The van der Waals surface area contributed by atoms with Gasteiger partial charge in [0, 0.05) is 17.7 Å². The highest BCUT2D eigenvalue weighted by atomic mass is 32.2. The van der Waals surface area contributed by atoms with Crippen LogP contribution in [0.4, 0.5) is 19.7 Å². The Morgan fingerprint density at radius 3 is 2.00 bits per heavy atom. The molecule has 0 bridgehead atoms. The number of carbonyl (C=O) groups is 2. The van der Waals surface area contributed by atoms with Gasteiger partial charge in [0.25, 0.3) is 5.69 Å². The van der Waals surface area contributed by atoms with Crippen LogP contribution in [0, 0.1) is 15.9 Å². The third-order valence-electron chi connectivity index (χ3n) is 6.21. The average Bonchev–Trinajstić information content (AvgIpc) is 2.73. The summed E-state index contributed by atoms with van der Waals surface area (Å²) in [6, 6.07) is 2.56. The molecule has 0 fully saturated rings. The van der Waals surface area contributed by atoms with Crippen LogP contribution in [0.15, 0.2) is 23.2 Å². The van der Waals surface area contributed by atoms with Gasteiger partial charge in [0.2, 0.25) is 0 Å².